The SMILES string of the molecule is COc1ccc2cccc(CCNC(=O)CC3(C)CCC(N)C3)c2c1. The van der Waals surface area contributed by atoms with Gasteiger partial charge in [-0.2, -0.15) is 0 Å². The van der Waals surface area contributed by atoms with Crippen LogP contribution in [0.2, 0.25) is 0 Å². The van der Waals surface area contributed by atoms with Crippen molar-refractivity contribution in [3.05, 3.63) is 42.0 Å². The van der Waals surface area contributed by atoms with Gasteiger partial charge in [-0.05, 0) is 59.6 Å². The molecular weight excluding hydrogens is 312 g/mol. The second-order valence-electron chi connectivity index (χ2n) is 7.59. The van der Waals surface area contributed by atoms with E-state index in [9.17, 15) is 4.79 Å². The van der Waals surface area contributed by atoms with Crippen molar-refractivity contribution < 1.29 is 9.53 Å². The monoisotopic (exact) mass is 340 g/mol. The van der Waals surface area contributed by atoms with Gasteiger partial charge in [0.25, 0.3) is 0 Å². The van der Waals surface area contributed by atoms with Gasteiger partial charge >= 0.3 is 0 Å². The lowest BCUT2D eigenvalue weighted by molar-refractivity contribution is -0.123. The van der Waals surface area contributed by atoms with Crippen LogP contribution in [0.25, 0.3) is 10.8 Å². The van der Waals surface area contributed by atoms with E-state index >= 15 is 0 Å². The average Bonchev–Trinajstić information content (AvgIpc) is 2.93. The van der Waals surface area contributed by atoms with E-state index < -0.39 is 0 Å². The van der Waals surface area contributed by atoms with E-state index in [1.807, 2.05) is 6.07 Å². The van der Waals surface area contributed by atoms with E-state index in [1.165, 1.54) is 16.3 Å². The van der Waals surface area contributed by atoms with Crippen LogP contribution in [0.3, 0.4) is 0 Å². The van der Waals surface area contributed by atoms with Crippen LogP contribution < -0.4 is 15.8 Å². The quantitative estimate of drug-likeness (QED) is 0.847. The van der Waals surface area contributed by atoms with Crippen molar-refractivity contribution in [3.8, 4) is 5.75 Å². The molecule has 1 saturated carbocycles. The Hall–Kier alpha value is -2.07. The van der Waals surface area contributed by atoms with Gasteiger partial charge < -0.3 is 15.8 Å². The molecule has 2 aromatic carbocycles. The number of carbonyl (C=O) groups excluding carboxylic acids is 1. The van der Waals surface area contributed by atoms with Crippen LogP contribution in [-0.4, -0.2) is 25.6 Å². The Morgan fingerprint density at radius 2 is 2.20 bits per heavy atom. The van der Waals surface area contributed by atoms with Crippen molar-refractivity contribution in [1.82, 2.24) is 5.32 Å². The van der Waals surface area contributed by atoms with Crippen LogP contribution in [-0.2, 0) is 11.2 Å². The summed E-state index contributed by atoms with van der Waals surface area (Å²) in [4.78, 5) is 12.3. The number of amides is 1. The van der Waals surface area contributed by atoms with Gasteiger partial charge in [-0.3, -0.25) is 4.79 Å². The van der Waals surface area contributed by atoms with E-state index in [1.54, 1.807) is 7.11 Å². The fourth-order valence-corrected chi connectivity index (χ4v) is 3.98. The Bertz CT molecular complexity index is 759. The van der Waals surface area contributed by atoms with Crippen LogP contribution in [0.1, 0.15) is 38.2 Å². The molecule has 3 N–H and O–H groups in total. The molecule has 0 saturated heterocycles. The van der Waals surface area contributed by atoms with Crippen LogP contribution in [0.15, 0.2) is 36.4 Å². The zero-order chi connectivity index (χ0) is 17.9. The highest BCUT2D eigenvalue weighted by molar-refractivity contribution is 5.87. The Kier molecular flexibility index (Phi) is 5.28. The lowest BCUT2D eigenvalue weighted by atomic mass is 9.84. The van der Waals surface area contributed by atoms with Crippen LogP contribution in [0, 0.1) is 5.41 Å². The molecule has 25 heavy (non-hydrogen) atoms. The Balaban J connectivity index is 1.58. The standard InChI is InChI=1S/C21H28N2O2/c1-21(10-8-17(22)13-21)14-20(24)23-11-9-16-5-3-4-15-6-7-18(25-2)12-19(15)16/h3-7,12,17H,8-11,13-14,22H2,1-2H3,(H,23,24). The van der Waals surface area contributed by atoms with Crippen molar-refractivity contribution in [1.29, 1.82) is 0 Å². The Morgan fingerprint density at radius 3 is 2.92 bits per heavy atom. The molecular formula is C21H28N2O2. The van der Waals surface area contributed by atoms with Gasteiger partial charge in [0.15, 0.2) is 0 Å². The fraction of sp³-hybridized carbons (Fsp3) is 0.476. The molecule has 2 atom stereocenters. The largest absolute Gasteiger partial charge is 0.497 e. The molecule has 3 rings (SSSR count). The normalized spacial score (nSPS) is 22.9. The maximum atomic E-state index is 12.3. The highest BCUT2D eigenvalue weighted by Gasteiger charge is 2.35. The summed E-state index contributed by atoms with van der Waals surface area (Å²) in [6.45, 7) is 2.83. The molecule has 1 fully saturated rings. The Labute approximate surface area is 149 Å². The number of hydrogen-bond donors (Lipinski definition) is 2. The van der Waals surface area contributed by atoms with Gasteiger partial charge in [-0.15, -0.1) is 0 Å². The van der Waals surface area contributed by atoms with Crippen LogP contribution in [0.5, 0.6) is 5.75 Å². The number of benzene rings is 2. The van der Waals surface area contributed by atoms with Gasteiger partial charge in [0.05, 0.1) is 7.11 Å². The third-order valence-electron chi connectivity index (χ3n) is 5.36. The predicted octanol–water partition coefficient (Wildman–Crippen LogP) is 3.41. The summed E-state index contributed by atoms with van der Waals surface area (Å²) in [6.07, 6.45) is 4.41. The van der Waals surface area contributed by atoms with Gasteiger partial charge in [-0.25, -0.2) is 0 Å². The first-order valence-corrected chi connectivity index (χ1v) is 9.07. The van der Waals surface area contributed by atoms with Crippen molar-refractivity contribution in [3.63, 3.8) is 0 Å². The number of nitrogens with one attached hydrogen (secondary N) is 1. The minimum atomic E-state index is 0.0658. The molecule has 1 amide bonds. The zero-order valence-electron chi connectivity index (χ0n) is 15.2. The third kappa shape index (κ3) is 4.31. The predicted molar refractivity (Wildman–Crippen MR) is 102 cm³/mol. The number of nitrogens with two attached hydrogens (primary N) is 1. The highest BCUT2D eigenvalue weighted by Crippen LogP contribution is 2.39. The maximum absolute atomic E-state index is 12.3. The molecule has 0 heterocycles. The molecule has 1 aliphatic carbocycles. The maximum Gasteiger partial charge on any atom is 0.220 e. The van der Waals surface area contributed by atoms with Crippen LogP contribution in [0.4, 0.5) is 0 Å². The lowest BCUT2D eigenvalue weighted by Crippen LogP contribution is -2.31. The molecule has 0 spiro atoms. The number of rotatable bonds is 6. The molecule has 0 aromatic heterocycles. The van der Waals surface area contributed by atoms with E-state index in [0.29, 0.717) is 13.0 Å². The second kappa shape index (κ2) is 7.44. The van der Waals surface area contributed by atoms with Crippen molar-refractivity contribution in [2.24, 2.45) is 11.1 Å². The first-order chi connectivity index (χ1) is 12.0. The smallest absolute Gasteiger partial charge is 0.220 e. The number of hydrogen-bond acceptors (Lipinski definition) is 3. The third-order valence-corrected chi connectivity index (χ3v) is 5.36. The summed E-state index contributed by atoms with van der Waals surface area (Å²) in [7, 11) is 1.68. The second-order valence-corrected chi connectivity index (χ2v) is 7.59. The average molecular weight is 340 g/mol. The van der Waals surface area contributed by atoms with Crippen molar-refractivity contribution >= 4 is 16.7 Å². The number of ether oxygens (including phenoxy) is 1. The summed E-state index contributed by atoms with van der Waals surface area (Å²) in [5, 5.41) is 5.46. The van der Waals surface area contributed by atoms with E-state index in [2.05, 4.69) is 42.6 Å². The van der Waals surface area contributed by atoms with Gasteiger partial charge in [0, 0.05) is 19.0 Å². The summed E-state index contributed by atoms with van der Waals surface area (Å²) < 4.78 is 5.33. The summed E-state index contributed by atoms with van der Waals surface area (Å²) in [5.41, 5.74) is 7.29. The fourth-order valence-electron chi connectivity index (χ4n) is 3.98. The van der Waals surface area contributed by atoms with E-state index in [4.69, 9.17) is 10.5 Å². The van der Waals surface area contributed by atoms with Crippen molar-refractivity contribution in [2.75, 3.05) is 13.7 Å². The molecule has 1 aliphatic rings. The van der Waals surface area contributed by atoms with Gasteiger partial charge in [0.2, 0.25) is 5.91 Å². The van der Waals surface area contributed by atoms with Crippen molar-refractivity contribution in [2.45, 2.75) is 45.1 Å². The molecule has 134 valence electrons. The first kappa shape index (κ1) is 17.7. The molecule has 0 aliphatic heterocycles. The lowest BCUT2D eigenvalue weighted by Gasteiger charge is -2.23. The van der Waals surface area contributed by atoms with E-state index in [-0.39, 0.29) is 17.4 Å². The van der Waals surface area contributed by atoms with Crippen LogP contribution >= 0.6 is 0 Å². The number of methoxy groups -OCH3 is 1. The molecule has 2 aromatic rings. The highest BCUT2D eigenvalue weighted by atomic mass is 16.5. The number of fused-ring (bicyclic) bond motifs is 1. The van der Waals surface area contributed by atoms with Gasteiger partial charge in [-0.1, -0.05) is 31.2 Å². The van der Waals surface area contributed by atoms with E-state index in [0.717, 1.165) is 31.4 Å². The number of carbonyl (C=O) groups is 1. The minimum Gasteiger partial charge on any atom is -0.497 e. The minimum absolute atomic E-state index is 0.0658. The molecule has 4 heteroatoms. The van der Waals surface area contributed by atoms with Gasteiger partial charge in [0.1, 0.15) is 5.75 Å². The summed E-state index contributed by atoms with van der Waals surface area (Å²) >= 11 is 0. The summed E-state index contributed by atoms with van der Waals surface area (Å²) in [5.74, 6) is 0.990. The summed E-state index contributed by atoms with van der Waals surface area (Å²) in [6, 6.07) is 12.6. The molecule has 4 nitrogen and oxygen atoms in total. The Morgan fingerprint density at radius 1 is 1.36 bits per heavy atom. The molecule has 0 bridgehead atoms. The first-order valence-electron chi connectivity index (χ1n) is 9.07. The topological polar surface area (TPSA) is 64.3 Å². The molecule has 2 unspecified atom stereocenters. The molecule has 0 radical (unpaired) electrons. The zero-order valence-corrected chi connectivity index (χ0v) is 15.2.